The number of fused-ring (bicyclic) bond motifs is 1. The van der Waals surface area contributed by atoms with Crippen LogP contribution in [0, 0.1) is 6.92 Å². The molecular weight excluding hydrogens is 397 g/mol. The van der Waals surface area contributed by atoms with E-state index in [0.717, 1.165) is 6.07 Å². The van der Waals surface area contributed by atoms with Gasteiger partial charge in [0.1, 0.15) is 5.69 Å². The predicted molar refractivity (Wildman–Crippen MR) is 96.4 cm³/mol. The topological polar surface area (TPSA) is 113 Å². The molecule has 2 aromatic carbocycles. The summed E-state index contributed by atoms with van der Waals surface area (Å²) < 4.78 is 65.3. The van der Waals surface area contributed by atoms with E-state index in [0.29, 0.717) is 0 Å². The number of aromatic amines is 1. The number of aromatic carboxylic acids is 1. The minimum absolute atomic E-state index is 0.00419. The first-order valence-corrected chi connectivity index (χ1v) is 9.47. The summed E-state index contributed by atoms with van der Waals surface area (Å²) in [6, 6.07) is 10.4. The number of aryl methyl sites for hydroxylation is 1. The van der Waals surface area contributed by atoms with E-state index in [4.69, 9.17) is 5.14 Å². The molecule has 10 heteroatoms. The van der Waals surface area contributed by atoms with Crippen LogP contribution in [0.4, 0.5) is 13.2 Å². The van der Waals surface area contributed by atoms with E-state index >= 15 is 0 Å². The van der Waals surface area contributed by atoms with Gasteiger partial charge in [-0.15, -0.1) is 0 Å². The first kappa shape index (κ1) is 19.9. The minimum atomic E-state index is -5.46. The molecule has 0 aliphatic rings. The van der Waals surface area contributed by atoms with E-state index in [1.54, 1.807) is 0 Å². The number of para-hydroxylation sites is 1. The summed E-state index contributed by atoms with van der Waals surface area (Å²) >= 11 is 0. The number of carbonyl (C=O) groups is 1. The van der Waals surface area contributed by atoms with Crippen LogP contribution in [0.2, 0.25) is 0 Å². The van der Waals surface area contributed by atoms with Gasteiger partial charge < -0.3 is 10.1 Å². The van der Waals surface area contributed by atoms with Crippen molar-refractivity contribution in [2.75, 3.05) is 0 Å². The van der Waals surface area contributed by atoms with Gasteiger partial charge in [-0.1, -0.05) is 42.5 Å². The van der Waals surface area contributed by atoms with Gasteiger partial charge in [-0.05, 0) is 24.1 Å². The van der Waals surface area contributed by atoms with E-state index in [-0.39, 0.29) is 16.5 Å². The molecule has 0 aliphatic carbocycles. The van der Waals surface area contributed by atoms with Gasteiger partial charge in [0.25, 0.3) is 0 Å². The fraction of sp³-hybridized carbons (Fsp3) is 0.167. The van der Waals surface area contributed by atoms with Crippen molar-refractivity contribution >= 4 is 26.9 Å². The number of primary sulfonamides is 1. The molecule has 1 aromatic heterocycles. The van der Waals surface area contributed by atoms with E-state index < -0.39 is 43.7 Å². The van der Waals surface area contributed by atoms with Crippen LogP contribution in [0.15, 0.2) is 48.5 Å². The largest absolute Gasteiger partial charge is 0.477 e. The van der Waals surface area contributed by atoms with Crippen LogP contribution in [0.25, 0.3) is 10.9 Å². The van der Waals surface area contributed by atoms with E-state index in [1.165, 1.54) is 49.4 Å². The molecule has 28 heavy (non-hydrogen) atoms. The van der Waals surface area contributed by atoms with Gasteiger partial charge in [0.05, 0.1) is 0 Å². The van der Waals surface area contributed by atoms with E-state index in [2.05, 4.69) is 4.98 Å². The molecule has 0 radical (unpaired) electrons. The van der Waals surface area contributed by atoms with Crippen LogP contribution in [0.3, 0.4) is 0 Å². The molecule has 0 saturated carbocycles. The zero-order valence-corrected chi connectivity index (χ0v) is 15.2. The van der Waals surface area contributed by atoms with Crippen molar-refractivity contribution in [2.45, 2.75) is 17.8 Å². The maximum absolute atomic E-state index is 14.6. The van der Waals surface area contributed by atoms with Gasteiger partial charge in [0, 0.05) is 16.5 Å². The van der Waals surface area contributed by atoms with Crippen LogP contribution in [0.1, 0.15) is 27.2 Å². The zero-order chi connectivity index (χ0) is 20.9. The van der Waals surface area contributed by atoms with Crippen LogP contribution in [-0.4, -0.2) is 30.7 Å². The summed E-state index contributed by atoms with van der Waals surface area (Å²) in [6.45, 7) is 1.30. The summed E-state index contributed by atoms with van der Waals surface area (Å²) in [5, 5.41) is 14.5. The molecule has 0 spiro atoms. The molecule has 3 aromatic rings. The second-order valence-corrected chi connectivity index (χ2v) is 7.97. The van der Waals surface area contributed by atoms with Crippen molar-refractivity contribution in [3.05, 3.63) is 70.9 Å². The number of aromatic nitrogens is 1. The molecule has 3 rings (SSSR count). The van der Waals surface area contributed by atoms with Crippen molar-refractivity contribution in [3.63, 3.8) is 0 Å². The third kappa shape index (κ3) is 2.68. The molecule has 1 unspecified atom stereocenters. The molecule has 1 heterocycles. The highest BCUT2D eigenvalue weighted by Crippen LogP contribution is 2.53. The summed E-state index contributed by atoms with van der Waals surface area (Å²) in [4.78, 5) is 14.2. The van der Waals surface area contributed by atoms with Gasteiger partial charge in [0.15, 0.2) is 0 Å². The number of hydrogen-bond acceptors (Lipinski definition) is 3. The first-order valence-electron chi connectivity index (χ1n) is 7.92. The maximum atomic E-state index is 14.6. The summed E-state index contributed by atoms with van der Waals surface area (Å²) in [5.74, 6) is -1.74. The SMILES string of the molecule is Cc1ccccc1C(c1c(C(=O)O)[nH]c2ccccc12)(C(F)(F)F)S(N)(=O)=O. The average Bonchev–Trinajstić information content (AvgIpc) is 2.95. The monoisotopic (exact) mass is 412 g/mol. The van der Waals surface area contributed by atoms with E-state index in [1.807, 2.05) is 0 Å². The third-order valence-corrected chi connectivity index (χ3v) is 6.13. The van der Waals surface area contributed by atoms with Crippen LogP contribution in [0.5, 0.6) is 0 Å². The smallest absolute Gasteiger partial charge is 0.417 e. The van der Waals surface area contributed by atoms with Crippen molar-refractivity contribution in [1.82, 2.24) is 4.98 Å². The predicted octanol–water partition coefficient (Wildman–Crippen LogP) is 3.27. The molecule has 0 fully saturated rings. The Balaban J connectivity index is 2.68. The lowest BCUT2D eigenvalue weighted by atomic mass is 9.85. The molecule has 148 valence electrons. The number of hydrogen-bond donors (Lipinski definition) is 3. The molecule has 6 nitrogen and oxygen atoms in total. The number of carboxylic acid groups (broad SMARTS) is 1. The fourth-order valence-electron chi connectivity index (χ4n) is 3.52. The highest BCUT2D eigenvalue weighted by Gasteiger charge is 2.67. The molecule has 0 aliphatic heterocycles. The molecule has 0 amide bonds. The molecule has 0 saturated heterocycles. The van der Waals surface area contributed by atoms with Gasteiger partial charge in [0.2, 0.25) is 14.8 Å². The Morgan fingerprint density at radius 3 is 2.18 bits per heavy atom. The number of H-pyrrole nitrogens is 1. The Labute approximate surface area is 157 Å². The lowest BCUT2D eigenvalue weighted by Gasteiger charge is -2.35. The van der Waals surface area contributed by atoms with Crippen LogP contribution in [-0.2, 0) is 14.8 Å². The number of carboxylic acids is 1. The zero-order valence-electron chi connectivity index (χ0n) is 14.4. The second kappa shape index (κ2) is 6.35. The second-order valence-electron chi connectivity index (χ2n) is 6.26. The van der Waals surface area contributed by atoms with Gasteiger partial charge in [-0.25, -0.2) is 18.4 Å². The van der Waals surface area contributed by atoms with Crippen molar-refractivity contribution in [3.8, 4) is 0 Å². The van der Waals surface area contributed by atoms with Crippen LogP contribution < -0.4 is 5.14 Å². The highest BCUT2D eigenvalue weighted by molar-refractivity contribution is 7.90. The van der Waals surface area contributed by atoms with Crippen molar-refractivity contribution in [1.29, 1.82) is 0 Å². The number of sulfonamides is 1. The Morgan fingerprint density at radius 2 is 1.64 bits per heavy atom. The summed E-state index contributed by atoms with van der Waals surface area (Å²) in [5.41, 5.74) is -2.47. The number of benzene rings is 2. The minimum Gasteiger partial charge on any atom is -0.477 e. The summed E-state index contributed by atoms with van der Waals surface area (Å²) in [6.07, 6.45) is -5.46. The maximum Gasteiger partial charge on any atom is 0.417 e. The highest BCUT2D eigenvalue weighted by atomic mass is 32.2. The number of rotatable bonds is 4. The van der Waals surface area contributed by atoms with E-state index in [9.17, 15) is 31.5 Å². The number of nitrogens with one attached hydrogen (secondary N) is 1. The summed E-state index contributed by atoms with van der Waals surface area (Å²) in [7, 11) is -5.44. The molecule has 0 bridgehead atoms. The average molecular weight is 412 g/mol. The van der Waals surface area contributed by atoms with Gasteiger partial charge in [-0.3, -0.25) is 0 Å². The normalized spacial score (nSPS) is 14.8. The Hall–Kier alpha value is -2.85. The molecular formula is C18H15F3N2O4S. The number of halogens is 3. The Bertz CT molecular complexity index is 1190. The number of alkyl halides is 3. The first-order chi connectivity index (χ1) is 12.9. The fourth-order valence-corrected chi connectivity index (χ4v) is 4.88. The quantitative estimate of drug-likeness (QED) is 0.610. The van der Waals surface area contributed by atoms with Gasteiger partial charge >= 0.3 is 12.1 Å². The van der Waals surface area contributed by atoms with Crippen LogP contribution >= 0.6 is 0 Å². The molecule has 4 N–H and O–H groups in total. The Kier molecular flexibility index (Phi) is 4.51. The number of nitrogens with two attached hydrogens (primary N) is 1. The molecule has 1 atom stereocenters. The Morgan fingerprint density at radius 1 is 1.07 bits per heavy atom. The van der Waals surface area contributed by atoms with Gasteiger partial charge in [-0.2, -0.15) is 13.2 Å². The third-order valence-electron chi connectivity index (χ3n) is 4.62. The standard InChI is InChI=1S/C18H15F3N2O4S/c1-10-6-2-4-8-12(10)17(18(19,20)21,28(22,26)27)14-11-7-3-5-9-13(11)23-15(14)16(24)25/h2-9,23H,1H3,(H,24,25)(H2,22,26,27). The lowest BCUT2D eigenvalue weighted by Crippen LogP contribution is -2.54. The van der Waals surface area contributed by atoms with Crippen molar-refractivity contribution in [2.24, 2.45) is 5.14 Å². The lowest BCUT2D eigenvalue weighted by molar-refractivity contribution is -0.154. The van der Waals surface area contributed by atoms with Crippen molar-refractivity contribution < 1.29 is 31.5 Å².